The lowest BCUT2D eigenvalue weighted by molar-refractivity contribution is 0.0620. The third kappa shape index (κ3) is 6.95. The summed E-state index contributed by atoms with van der Waals surface area (Å²) < 4.78 is 16.6. The third-order valence-corrected chi connectivity index (χ3v) is 6.48. The molecule has 1 aliphatic rings. The zero-order valence-corrected chi connectivity index (χ0v) is 22.3. The van der Waals surface area contributed by atoms with Crippen molar-refractivity contribution < 1.29 is 33.7 Å². The maximum Gasteiger partial charge on any atom is 0.419 e. The molecular formula is C28H34ClNO7. The van der Waals surface area contributed by atoms with E-state index < -0.39 is 24.3 Å². The van der Waals surface area contributed by atoms with Crippen LogP contribution in [0.5, 0.6) is 5.75 Å². The lowest BCUT2D eigenvalue weighted by Gasteiger charge is -2.23. The molecule has 0 radical (unpaired) electrons. The Labute approximate surface area is 222 Å². The minimum atomic E-state index is -0.980. The first-order chi connectivity index (χ1) is 17.8. The van der Waals surface area contributed by atoms with E-state index in [0.717, 1.165) is 40.0 Å². The van der Waals surface area contributed by atoms with Gasteiger partial charge in [-0.25, -0.2) is 19.3 Å². The van der Waals surface area contributed by atoms with Crippen molar-refractivity contribution in [2.45, 2.75) is 65.4 Å². The van der Waals surface area contributed by atoms with Crippen molar-refractivity contribution >= 4 is 29.8 Å². The molecule has 1 atom stereocenters. The molecule has 1 aliphatic heterocycles. The molecule has 1 unspecified atom stereocenters. The number of carbonyl (C=O) groups is 3. The first kappa shape index (κ1) is 28.3. The summed E-state index contributed by atoms with van der Waals surface area (Å²) in [4.78, 5) is 38.0. The van der Waals surface area contributed by atoms with E-state index >= 15 is 0 Å². The molecule has 0 spiro atoms. The maximum atomic E-state index is 12.7. The van der Waals surface area contributed by atoms with Crippen molar-refractivity contribution in [3.63, 3.8) is 0 Å². The number of fused-ring (bicyclic) bond motifs is 1. The van der Waals surface area contributed by atoms with E-state index in [0.29, 0.717) is 36.5 Å². The molecule has 1 heterocycles. The Balaban J connectivity index is 1.82. The number of hydrogen-bond donors (Lipinski definition) is 1. The molecule has 3 rings (SSSR count). The molecule has 0 saturated carbocycles. The van der Waals surface area contributed by atoms with Crippen LogP contribution >= 0.6 is 11.6 Å². The zero-order chi connectivity index (χ0) is 26.9. The van der Waals surface area contributed by atoms with E-state index in [1.165, 1.54) is 0 Å². The van der Waals surface area contributed by atoms with E-state index in [1.54, 1.807) is 18.2 Å². The number of nitrogens with zero attached hydrogens (tertiary/aromatic N) is 1. The smallest absolute Gasteiger partial charge is 0.419 e. The highest BCUT2D eigenvalue weighted by Crippen LogP contribution is 2.41. The molecule has 0 fully saturated rings. The minimum Gasteiger partial charge on any atom is -0.486 e. The molecule has 0 bridgehead atoms. The summed E-state index contributed by atoms with van der Waals surface area (Å²) in [6.45, 7) is 6.24. The third-order valence-electron chi connectivity index (χ3n) is 6.20. The van der Waals surface area contributed by atoms with Crippen molar-refractivity contribution in [3.8, 4) is 16.9 Å². The second kappa shape index (κ2) is 13.3. The van der Waals surface area contributed by atoms with Gasteiger partial charge in [-0.2, -0.15) is 0 Å². The Morgan fingerprint density at radius 3 is 2.27 bits per heavy atom. The number of rotatable bonds is 11. The number of ether oxygens (including phenoxy) is 3. The zero-order valence-electron chi connectivity index (χ0n) is 21.5. The largest absolute Gasteiger partial charge is 0.486 e. The molecule has 2 aromatic rings. The van der Waals surface area contributed by atoms with Gasteiger partial charge in [0, 0.05) is 12.0 Å². The predicted molar refractivity (Wildman–Crippen MR) is 141 cm³/mol. The summed E-state index contributed by atoms with van der Waals surface area (Å²) in [5.41, 5.74) is 3.36. The topological polar surface area (TPSA) is 102 Å². The van der Waals surface area contributed by atoms with Gasteiger partial charge in [-0.15, -0.1) is 0 Å². The van der Waals surface area contributed by atoms with E-state index in [4.69, 9.17) is 25.8 Å². The number of imide groups is 1. The molecule has 8 nitrogen and oxygen atoms in total. The number of halogens is 1. The summed E-state index contributed by atoms with van der Waals surface area (Å²) in [6.07, 6.45) is 1.98. The van der Waals surface area contributed by atoms with Crippen LogP contribution in [0.2, 0.25) is 5.02 Å². The van der Waals surface area contributed by atoms with Gasteiger partial charge in [0.2, 0.25) is 0 Å². The number of aromatic carboxylic acids is 1. The van der Waals surface area contributed by atoms with Crippen LogP contribution in [-0.2, 0) is 22.3 Å². The van der Waals surface area contributed by atoms with Crippen molar-refractivity contribution in [2.75, 3.05) is 19.8 Å². The fourth-order valence-electron chi connectivity index (χ4n) is 4.27. The highest BCUT2D eigenvalue weighted by Gasteiger charge is 2.33. The number of hydrogen-bond acceptors (Lipinski definition) is 6. The van der Waals surface area contributed by atoms with Gasteiger partial charge in [-0.1, -0.05) is 57.3 Å². The molecule has 2 amide bonds. The molecule has 0 saturated heterocycles. The molecule has 37 heavy (non-hydrogen) atoms. The second-order valence-corrected chi connectivity index (χ2v) is 9.33. The quantitative estimate of drug-likeness (QED) is 0.320. The van der Waals surface area contributed by atoms with E-state index in [9.17, 15) is 19.5 Å². The summed E-state index contributed by atoms with van der Waals surface area (Å²) >= 11 is 6.58. The van der Waals surface area contributed by atoms with Crippen LogP contribution in [0.3, 0.4) is 0 Å². The molecule has 0 aliphatic carbocycles. The second-order valence-electron chi connectivity index (χ2n) is 8.93. The monoisotopic (exact) mass is 531 g/mol. The molecular weight excluding hydrogens is 498 g/mol. The van der Waals surface area contributed by atoms with Gasteiger partial charge in [0.05, 0.1) is 30.3 Å². The number of amides is 2. The van der Waals surface area contributed by atoms with Gasteiger partial charge < -0.3 is 19.3 Å². The van der Waals surface area contributed by atoms with Crippen LogP contribution < -0.4 is 4.74 Å². The number of carbonyl (C=O) groups excluding carboxylic acids is 2. The average molecular weight is 532 g/mol. The van der Waals surface area contributed by atoms with Crippen molar-refractivity contribution in [1.82, 2.24) is 4.90 Å². The number of carboxylic acids is 1. The summed E-state index contributed by atoms with van der Waals surface area (Å²) in [6, 6.07) is 8.84. The summed E-state index contributed by atoms with van der Waals surface area (Å²) in [5.74, 6) is -0.493. The van der Waals surface area contributed by atoms with E-state index in [-0.39, 0.29) is 25.3 Å². The van der Waals surface area contributed by atoms with Crippen LogP contribution in [0.4, 0.5) is 9.59 Å². The van der Waals surface area contributed by atoms with Crippen LogP contribution in [0.25, 0.3) is 11.1 Å². The van der Waals surface area contributed by atoms with Crippen molar-refractivity contribution in [3.05, 3.63) is 52.0 Å². The van der Waals surface area contributed by atoms with Crippen LogP contribution in [0.1, 0.15) is 67.9 Å². The van der Waals surface area contributed by atoms with Crippen LogP contribution in [0, 0.1) is 0 Å². The highest BCUT2D eigenvalue weighted by molar-refractivity contribution is 6.32. The molecule has 9 heteroatoms. The fourth-order valence-corrected chi connectivity index (χ4v) is 4.56. The number of carboxylic acid groups (broad SMARTS) is 1. The van der Waals surface area contributed by atoms with Gasteiger partial charge in [-0.3, -0.25) is 0 Å². The van der Waals surface area contributed by atoms with Crippen molar-refractivity contribution in [1.29, 1.82) is 0 Å². The molecule has 200 valence electrons. The fraction of sp³-hybridized carbons (Fsp3) is 0.464. The molecule has 1 N–H and O–H groups in total. The van der Waals surface area contributed by atoms with E-state index in [1.807, 2.05) is 32.9 Å². The Kier molecular flexibility index (Phi) is 10.2. The number of benzene rings is 2. The molecule has 2 aromatic carbocycles. The SMILES string of the molecule is CCCCOC(=O)N(CC1Cc2cc(-c3cccc(C(=O)O)c3CC)cc(Cl)c2O1)C(=O)OCCCC. The number of unbranched alkanes of at least 4 members (excludes halogenated alkanes) is 2. The standard InChI is InChI=1S/C28H34ClNO7/c1-4-7-12-35-27(33)30(28(34)36-13-8-5-2)17-20-15-19-14-18(16-24(29)25(19)37-20)22-10-9-11-23(26(31)32)21(22)6-3/h9-11,14,16,20H,4-8,12-13,15,17H2,1-3H3,(H,31,32). The van der Waals surface area contributed by atoms with Gasteiger partial charge in [-0.05, 0) is 54.2 Å². The Morgan fingerprint density at radius 2 is 1.70 bits per heavy atom. The minimum absolute atomic E-state index is 0.0506. The lowest BCUT2D eigenvalue weighted by Crippen LogP contribution is -2.44. The lowest BCUT2D eigenvalue weighted by atomic mass is 9.92. The van der Waals surface area contributed by atoms with E-state index in [2.05, 4.69) is 0 Å². The van der Waals surface area contributed by atoms with Crippen LogP contribution in [0.15, 0.2) is 30.3 Å². The predicted octanol–water partition coefficient (Wildman–Crippen LogP) is 6.75. The highest BCUT2D eigenvalue weighted by atomic mass is 35.5. The first-order valence-corrected chi connectivity index (χ1v) is 13.1. The Bertz CT molecular complexity index is 1110. The Hall–Kier alpha value is -3.26. The molecule has 0 aromatic heterocycles. The van der Waals surface area contributed by atoms with Gasteiger partial charge in [0.15, 0.2) is 0 Å². The van der Waals surface area contributed by atoms with Gasteiger partial charge in [0.1, 0.15) is 11.9 Å². The van der Waals surface area contributed by atoms with Gasteiger partial charge >= 0.3 is 18.2 Å². The first-order valence-electron chi connectivity index (χ1n) is 12.8. The van der Waals surface area contributed by atoms with Gasteiger partial charge in [0.25, 0.3) is 0 Å². The average Bonchev–Trinajstić information content (AvgIpc) is 3.30. The summed E-state index contributed by atoms with van der Waals surface area (Å²) in [5, 5.41) is 9.97. The Morgan fingerprint density at radius 1 is 1.05 bits per heavy atom. The van der Waals surface area contributed by atoms with Crippen LogP contribution in [-0.4, -0.2) is 54.0 Å². The van der Waals surface area contributed by atoms with Crippen molar-refractivity contribution in [2.24, 2.45) is 0 Å². The normalized spacial score (nSPS) is 14.0. The summed E-state index contributed by atoms with van der Waals surface area (Å²) in [7, 11) is 0. The maximum absolute atomic E-state index is 12.7.